The largest absolute Gasteiger partial charge is 0.242 e. The molecule has 112 valence electrons. The Labute approximate surface area is 138 Å². The molecule has 1 fully saturated rings. The molecule has 20 heavy (non-hydrogen) atoms. The van der Waals surface area contributed by atoms with Gasteiger partial charge >= 0.3 is 0 Å². The Balaban J connectivity index is 2.18. The summed E-state index contributed by atoms with van der Waals surface area (Å²) in [5, 5.41) is 0.605. The lowest BCUT2D eigenvalue weighted by atomic mass is 10.3. The number of hydrogen-bond donors (Lipinski definition) is 1. The number of rotatable bonds is 5. The first-order chi connectivity index (χ1) is 9.44. The highest BCUT2D eigenvalue weighted by atomic mass is 79.9. The summed E-state index contributed by atoms with van der Waals surface area (Å²) in [6.45, 7) is 2.10. The zero-order valence-corrected chi connectivity index (χ0v) is 15.1. The van der Waals surface area contributed by atoms with Crippen LogP contribution in [0.3, 0.4) is 0 Å². The highest BCUT2D eigenvalue weighted by Crippen LogP contribution is 2.32. The number of thioether (sulfide) groups is 1. The Morgan fingerprint density at radius 2 is 2.20 bits per heavy atom. The molecule has 2 unspecified atom stereocenters. The van der Waals surface area contributed by atoms with Crippen molar-refractivity contribution < 1.29 is 8.42 Å². The second kappa shape index (κ2) is 7.01. The van der Waals surface area contributed by atoms with E-state index in [-0.39, 0.29) is 16.0 Å². The summed E-state index contributed by atoms with van der Waals surface area (Å²) in [4.78, 5) is 0.148. The van der Waals surface area contributed by atoms with Gasteiger partial charge in [-0.05, 0) is 36.8 Å². The Morgan fingerprint density at radius 3 is 2.85 bits per heavy atom. The van der Waals surface area contributed by atoms with Gasteiger partial charge in [-0.25, -0.2) is 13.1 Å². The zero-order chi connectivity index (χ0) is 14.8. The number of sulfonamides is 1. The van der Waals surface area contributed by atoms with E-state index in [9.17, 15) is 8.42 Å². The van der Waals surface area contributed by atoms with Crippen molar-refractivity contribution in [1.82, 2.24) is 4.72 Å². The van der Waals surface area contributed by atoms with Crippen LogP contribution in [-0.4, -0.2) is 25.5 Å². The molecule has 0 heterocycles. The van der Waals surface area contributed by atoms with Crippen molar-refractivity contribution >= 4 is 49.3 Å². The Kier molecular flexibility index (Phi) is 5.82. The first kappa shape index (κ1) is 16.6. The maximum atomic E-state index is 12.4. The SMILES string of the molecule is CCSC1CCCC1NS(=O)(=O)c1ccc(Br)cc1Cl. The molecule has 0 spiro atoms. The van der Waals surface area contributed by atoms with E-state index in [0.29, 0.717) is 5.25 Å². The molecule has 0 aliphatic heterocycles. The van der Waals surface area contributed by atoms with Crippen molar-refractivity contribution in [3.05, 3.63) is 27.7 Å². The molecule has 1 saturated carbocycles. The smallest absolute Gasteiger partial charge is 0.207 e. The Bertz CT molecular complexity index is 580. The van der Waals surface area contributed by atoms with E-state index >= 15 is 0 Å². The molecule has 3 nitrogen and oxygen atoms in total. The molecule has 0 radical (unpaired) electrons. The molecule has 7 heteroatoms. The summed E-state index contributed by atoms with van der Waals surface area (Å²) in [7, 11) is -3.56. The van der Waals surface area contributed by atoms with Crippen LogP contribution in [0.5, 0.6) is 0 Å². The van der Waals surface area contributed by atoms with Crippen LogP contribution in [0.25, 0.3) is 0 Å². The minimum absolute atomic E-state index is 0.00432. The normalized spacial score (nSPS) is 23.1. The molecule has 1 N–H and O–H groups in total. The van der Waals surface area contributed by atoms with Crippen molar-refractivity contribution in [2.75, 3.05) is 5.75 Å². The average Bonchev–Trinajstić information content (AvgIpc) is 2.76. The quantitative estimate of drug-likeness (QED) is 0.813. The number of halogens is 2. The van der Waals surface area contributed by atoms with Crippen molar-refractivity contribution in [2.45, 2.75) is 42.4 Å². The Hall–Kier alpha value is 0.250. The van der Waals surface area contributed by atoms with Gasteiger partial charge in [0.15, 0.2) is 0 Å². The van der Waals surface area contributed by atoms with E-state index in [1.54, 1.807) is 12.1 Å². The lowest BCUT2D eigenvalue weighted by molar-refractivity contribution is 0.555. The molecule has 1 aromatic carbocycles. The van der Waals surface area contributed by atoms with Crippen molar-refractivity contribution in [1.29, 1.82) is 0 Å². The molecular formula is C13H17BrClNO2S2. The predicted molar refractivity (Wildman–Crippen MR) is 89.0 cm³/mol. The molecule has 0 aromatic heterocycles. The minimum Gasteiger partial charge on any atom is -0.207 e. The molecule has 1 aromatic rings. The van der Waals surface area contributed by atoms with Crippen LogP contribution in [0.15, 0.2) is 27.6 Å². The Morgan fingerprint density at radius 1 is 1.45 bits per heavy atom. The predicted octanol–water partition coefficient (Wildman–Crippen LogP) is 4.06. The van der Waals surface area contributed by atoms with Crippen LogP contribution < -0.4 is 4.72 Å². The fraction of sp³-hybridized carbons (Fsp3) is 0.538. The molecule has 0 saturated heterocycles. The average molecular weight is 399 g/mol. The van der Waals surface area contributed by atoms with Gasteiger partial charge in [0.25, 0.3) is 0 Å². The summed E-state index contributed by atoms with van der Waals surface area (Å²) in [5.41, 5.74) is 0. The molecule has 0 amide bonds. The van der Waals surface area contributed by atoms with Crippen molar-refractivity contribution in [2.24, 2.45) is 0 Å². The van der Waals surface area contributed by atoms with E-state index in [1.807, 2.05) is 11.8 Å². The number of benzene rings is 1. The maximum Gasteiger partial charge on any atom is 0.242 e. The molecule has 2 rings (SSSR count). The van der Waals surface area contributed by atoms with Gasteiger partial charge in [-0.15, -0.1) is 0 Å². The first-order valence-corrected chi connectivity index (χ1v) is 10.2. The van der Waals surface area contributed by atoms with Crippen LogP contribution in [0.1, 0.15) is 26.2 Å². The number of nitrogens with one attached hydrogen (secondary N) is 1. The third-order valence-corrected chi connectivity index (χ3v) is 7.12. The summed E-state index contributed by atoms with van der Waals surface area (Å²) in [6.07, 6.45) is 3.03. The first-order valence-electron chi connectivity index (χ1n) is 6.53. The minimum atomic E-state index is -3.56. The lowest BCUT2D eigenvalue weighted by Crippen LogP contribution is -2.38. The van der Waals surface area contributed by atoms with E-state index < -0.39 is 10.0 Å². The molecule has 1 aliphatic rings. The monoisotopic (exact) mass is 397 g/mol. The number of hydrogen-bond acceptors (Lipinski definition) is 3. The van der Waals surface area contributed by atoms with E-state index in [2.05, 4.69) is 27.6 Å². The summed E-state index contributed by atoms with van der Waals surface area (Å²) < 4.78 is 28.5. The van der Waals surface area contributed by atoms with Gasteiger partial charge in [-0.1, -0.05) is 40.9 Å². The lowest BCUT2D eigenvalue weighted by Gasteiger charge is -2.20. The van der Waals surface area contributed by atoms with Crippen molar-refractivity contribution in [3.63, 3.8) is 0 Å². The third-order valence-electron chi connectivity index (χ3n) is 3.32. The van der Waals surface area contributed by atoms with Crippen LogP contribution in [0.4, 0.5) is 0 Å². The fourth-order valence-electron chi connectivity index (χ4n) is 2.43. The van der Waals surface area contributed by atoms with Crippen LogP contribution in [0.2, 0.25) is 5.02 Å². The van der Waals surface area contributed by atoms with Gasteiger partial charge in [-0.3, -0.25) is 0 Å². The van der Waals surface area contributed by atoms with E-state index in [1.165, 1.54) is 6.07 Å². The highest BCUT2D eigenvalue weighted by Gasteiger charge is 2.31. The zero-order valence-electron chi connectivity index (χ0n) is 11.1. The van der Waals surface area contributed by atoms with E-state index in [4.69, 9.17) is 11.6 Å². The summed E-state index contributed by atoms with van der Waals surface area (Å²) in [6, 6.07) is 4.83. The van der Waals surface area contributed by atoms with Gasteiger partial charge in [0.05, 0.1) is 5.02 Å². The van der Waals surface area contributed by atoms with Crippen LogP contribution in [-0.2, 0) is 10.0 Å². The highest BCUT2D eigenvalue weighted by molar-refractivity contribution is 9.10. The molecule has 2 atom stereocenters. The van der Waals surface area contributed by atoms with Crippen molar-refractivity contribution in [3.8, 4) is 0 Å². The molecular weight excluding hydrogens is 382 g/mol. The third kappa shape index (κ3) is 3.91. The summed E-state index contributed by atoms with van der Waals surface area (Å²) >= 11 is 11.1. The molecule has 0 bridgehead atoms. The second-order valence-corrected chi connectivity index (χ2v) is 9.25. The van der Waals surface area contributed by atoms with Gasteiger partial charge in [0.2, 0.25) is 10.0 Å². The van der Waals surface area contributed by atoms with Gasteiger partial charge in [0, 0.05) is 15.8 Å². The van der Waals surface area contributed by atoms with E-state index in [0.717, 1.165) is 29.5 Å². The second-order valence-electron chi connectivity index (χ2n) is 4.73. The maximum absolute atomic E-state index is 12.4. The fourth-order valence-corrected chi connectivity index (χ4v) is 6.06. The van der Waals surface area contributed by atoms with Gasteiger partial charge < -0.3 is 0 Å². The van der Waals surface area contributed by atoms with Crippen LogP contribution in [0, 0.1) is 0 Å². The van der Waals surface area contributed by atoms with Gasteiger partial charge in [-0.2, -0.15) is 11.8 Å². The van der Waals surface area contributed by atoms with Crippen LogP contribution >= 0.6 is 39.3 Å². The topological polar surface area (TPSA) is 46.2 Å². The standard InChI is InChI=1S/C13H17BrClNO2S2/c1-2-19-12-5-3-4-11(12)16-20(17,18)13-7-6-9(14)8-10(13)15/h6-8,11-12,16H,2-5H2,1H3. The molecule has 1 aliphatic carbocycles. The van der Waals surface area contributed by atoms with Gasteiger partial charge in [0.1, 0.15) is 4.90 Å². The summed E-state index contributed by atoms with van der Waals surface area (Å²) in [5.74, 6) is 1.00.